The fourth-order valence-electron chi connectivity index (χ4n) is 3.12. The van der Waals surface area contributed by atoms with E-state index >= 15 is 0 Å². The number of hydrogen-bond donors (Lipinski definition) is 0. The zero-order chi connectivity index (χ0) is 16.4. The quantitative estimate of drug-likeness (QED) is 0.866. The van der Waals surface area contributed by atoms with E-state index in [2.05, 4.69) is 15.0 Å². The minimum absolute atomic E-state index is 0.160. The van der Waals surface area contributed by atoms with Crippen molar-refractivity contribution in [3.63, 3.8) is 0 Å². The molecule has 1 aliphatic rings. The third kappa shape index (κ3) is 3.59. The van der Waals surface area contributed by atoms with E-state index in [0.717, 1.165) is 44.2 Å². The van der Waals surface area contributed by atoms with E-state index in [9.17, 15) is 8.78 Å². The minimum atomic E-state index is -0.474. The van der Waals surface area contributed by atoms with Gasteiger partial charge in [-0.2, -0.15) is 0 Å². The highest BCUT2D eigenvalue weighted by Gasteiger charge is 2.26. The second-order valence-electron chi connectivity index (χ2n) is 6.05. The van der Waals surface area contributed by atoms with Gasteiger partial charge in [-0.1, -0.05) is 11.2 Å². The lowest BCUT2D eigenvalue weighted by molar-refractivity contribution is 0.0936. The Bertz CT molecular complexity index is 645. The average molecular weight is 321 g/mol. The number of halogens is 2. The van der Waals surface area contributed by atoms with Crippen molar-refractivity contribution in [3.05, 3.63) is 52.9 Å². The Kier molecular flexibility index (Phi) is 4.73. The second kappa shape index (κ2) is 6.76. The lowest BCUT2D eigenvalue weighted by Crippen LogP contribution is -2.46. The summed E-state index contributed by atoms with van der Waals surface area (Å²) in [6, 6.07) is 5.70. The Balaban J connectivity index is 1.60. The summed E-state index contributed by atoms with van der Waals surface area (Å²) < 4.78 is 32.9. The van der Waals surface area contributed by atoms with Crippen molar-refractivity contribution in [2.45, 2.75) is 26.4 Å². The molecule has 1 aromatic heterocycles. The molecule has 0 saturated carbocycles. The van der Waals surface area contributed by atoms with Crippen molar-refractivity contribution in [2.75, 3.05) is 26.2 Å². The molecular weight excluding hydrogens is 300 g/mol. The molecule has 0 N–H and O–H groups in total. The van der Waals surface area contributed by atoms with E-state index < -0.39 is 11.6 Å². The molecular formula is C17H21F2N3O. The van der Waals surface area contributed by atoms with Crippen molar-refractivity contribution in [3.8, 4) is 0 Å². The van der Waals surface area contributed by atoms with E-state index in [-0.39, 0.29) is 11.6 Å². The van der Waals surface area contributed by atoms with Gasteiger partial charge in [0.05, 0.1) is 5.69 Å². The number of aromatic nitrogens is 1. The van der Waals surface area contributed by atoms with E-state index in [1.165, 1.54) is 18.2 Å². The number of nitrogens with zero attached hydrogens (tertiary/aromatic N) is 3. The maximum atomic E-state index is 13.9. The van der Waals surface area contributed by atoms with E-state index in [0.29, 0.717) is 0 Å². The molecule has 0 spiro atoms. The summed E-state index contributed by atoms with van der Waals surface area (Å²) in [4.78, 5) is 4.39. The molecule has 0 amide bonds. The summed E-state index contributed by atoms with van der Waals surface area (Å²) >= 11 is 0. The number of benzene rings is 1. The van der Waals surface area contributed by atoms with Crippen LogP contribution in [0.4, 0.5) is 8.78 Å². The first-order valence-corrected chi connectivity index (χ1v) is 7.87. The minimum Gasteiger partial charge on any atom is -0.361 e. The van der Waals surface area contributed by atoms with Crippen molar-refractivity contribution in [2.24, 2.45) is 0 Å². The number of piperazine rings is 1. The Morgan fingerprint density at radius 1 is 1.17 bits per heavy atom. The highest BCUT2D eigenvalue weighted by molar-refractivity contribution is 5.23. The molecule has 6 heteroatoms. The van der Waals surface area contributed by atoms with Gasteiger partial charge in [0, 0.05) is 50.4 Å². The van der Waals surface area contributed by atoms with Crippen LogP contribution >= 0.6 is 0 Å². The van der Waals surface area contributed by atoms with Crippen LogP contribution in [0.15, 0.2) is 28.8 Å². The third-order valence-corrected chi connectivity index (χ3v) is 4.43. The predicted octanol–water partition coefficient (Wildman–Crippen LogP) is 3.14. The highest BCUT2D eigenvalue weighted by Crippen LogP contribution is 2.26. The van der Waals surface area contributed by atoms with E-state index in [1.54, 1.807) is 0 Å². The van der Waals surface area contributed by atoms with Gasteiger partial charge >= 0.3 is 0 Å². The van der Waals surface area contributed by atoms with Crippen LogP contribution in [0.2, 0.25) is 0 Å². The summed E-state index contributed by atoms with van der Waals surface area (Å²) in [6.07, 6.45) is 0. The molecule has 0 aliphatic carbocycles. The molecule has 2 heterocycles. The molecule has 1 unspecified atom stereocenters. The van der Waals surface area contributed by atoms with Crippen LogP contribution in [0.1, 0.15) is 30.0 Å². The normalized spacial score (nSPS) is 18.3. The van der Waals surface area contributed by atoms with Crippen LogP contribution in [-0.4, -0.2) is 41.1 Å². The highest BCUT2D eigenvalue weighted by atomic mass is 19.1. The monoisotopic (exact) mass is 321 g/mol. The SMILES string of the molecule is Cc1cc(CN2CCN(C(C)c3c(F)cccc3F)CC2)no1. The van der Waals surface area contributed by atoms with Crippen molar-refractivity contribution >= 4 is 0 Å². The molecule has 1 fully saturated rings. The topological polar surface area (TPSA) is 32.5 Å². The van der Waals surface area contributed by atoms with Crippen molar-refractivity contribution in [1.82, 2.24) is 15.0 Å². The fourth-order valence-corrected chi connectivity index (χ4v) is 3.12. The van der Waals surface area contributed by atoms with Gasteiger partial charge in [0.25, 0.3) is 0 Å². The molecule has 1 aromatic carbocycles. The summed E-state index contributed by atoms with van der Waals surface area (Å²) in [5.41, 5.74) is 1.08. The van der Waals surface area contributed by atoms with Gasteiger partial charge < -0.3 is 4.52 Å². The molecule has 23 heavy (non-hydrogen) atoms. The molecule has 0 bridgehead atoms. The van der Waals surface area contributed by atoms with Crippen LogP contribution in [0.3, 0.4) is 0 Å². The van der Waals surface area contributed by atoms with Gasteiger partial charge in [-0.3, -0.25) is 9.80 Å². The summed E-state index contributed by atoms with van der Waals surface area (Å²) in [7, 11) is 0. The number of hydrogen-bond acceptors (Lipinski definition) is 4. The first kappa shape index (κ1) is 16.1. The van der Waals surface area contributed by atoms with Crippen LogP contribution < -0.4 is 0 Å². The van der Waals surface area contributed by atoms with Crippen molar-refractivity contribution < 1.29 is 13.3 Å². The van der Waals surface area contributed by atoms with E-state index in [1.807, 2.05) is 19.9 Å². The van der Waals surface area contributed by atoms with Crippen molar-refractivity contribution in [1.29, 1.82) is 0 Å². The molecule has 4 nitrogen and oxygen atoms in total. The third-order valence-electron chi connectivity index (χ3n) is 4.43. The van der Waals surface area contributed by atoms with Gasteiger partial charge in [0.15, 0.2) is 0 Å². The summed E-state index contributed by atoms with van der Waals surface area (Å²) in [5.74, 6) is -0.140. The van der Waals surface area contributed by atoms with Gasteiger partial charge in [0.1, 0.15) is 17.4 Å². The van der Waals surface area contributed by atoms with Gasteiger partial charge in [-0.15, -0.1) is 0 Å². The lowest BCUT2D eigenvalue weighted by Gasteiger charge is -2.38. The fraction of sp³-hybridized carbons (Fsp3) is 0.471. The largest absolute Gasteiger partial charge is 0.361 e. The maximum Gasteiger partial charge on any atom is 0.133 e. The molecule has 3 rings (SSSR count). The first-order chi connectivity index (χ1) is 11.0. The Morgan fingerprint density at radius 2 is 1.83 bits per heavy atom. The molecule has 1 saturated heterocycles. The Morgan fingerprint density at radius 3 is 2.39 bits per heavy atom. The number of aryl methyl sites for hydroxylation is 1. The second-order valence-corrected chi connectivity index (χ2v) is 6.05. The smallest absolute Gasteiger partial charge is 0.133 e. The standard InChI is InChI=1S/C17H21F2N3O/c1-12-10-14(20-23-12)11-21-6-8-22(9-7-21)13(2)17-15(18)4-3-5-16(17)19/h3-5,10,13H,6-9,11H2,1-2H3. The average Bonchev–Trinajstić information content (AvgIpc) is 2.93. The van der Waals surface area contributed by atoms with Crippen LogP contribution in [0.25, 0.3) is 0 Å². The first-order valence-electron chi connectivity index (χ1n) is 7.87. The molecule has 1 aliphatic heterocycles. The molecule has 2 aromatic rings. The van der Waals surface area contributed by atoms with E-state index in [4.69, 9.17) is 4.52 Å². The Labute approximate surface area is 134 Å². The maximum absolute atomic E-state index is 13.9. The molecule has 1 atom stereocenters. The summed E-state index contributed by atoms with van der Waals surface area (Å²) in [5, 5.41) is 4.01. The lowest BCUT2D eigenvalue weighted by atomic mass is 10.0. The number of rotatable bonds is 4. The summed E-state index contributed by atoms with van der Waals surface area (Å²) in [6.45, 7) is 7.70. The van der Waals surface area contributed by atoms with Gasteiger partial charge in [-0.25, -0.2) is 8.78 Å². The predicted molar refractivity (Wildman–Crippen MR) is 82.9 cm³/mol. The van der Waals surface area contributed by atoms with Gasteiger partial charge in [0.2, 0.25) is 0 Å². The molecule has 0 radical (unpaired) electrons. The molecule has 124 valence electrons. The zero-order valence-corrected chi connectivity index (χ0v) is 13.4. The van der Waals surface area contributed by atoms with Crippen LogP contribution in [-0.2, 0) is 6.54 Å². The Hall–Kier alpha value is -1.79. The van der Waals surface area contributed by atoms with Gasteiger partial charge in [-0.05, 0) is 26.0 Å². The zero-order valence-electron chi connectivity index (χ0n) is 13.4. The van der Waals surface area contributed by atoms with Crippen LogP contribution in [0.5, 0.6) is 0 Å². The van der Waals surface area contributed by atoms with Crippen LogP contribution in [0, 0.1) is 18.6 Å².